The largest absolute Gasteiger partial charge is 0.416 e. The van der Waals surface area contributed by atoms with E-state index in [0.29, 0.717) is 48.2 Å². The number of halogens is 5. The van der Waals surface area contributed by atoms with Crippen LogP contribution >= 0.6 is 11.3 Å². The number of nitrogens with zero attached hydrogens (tertiary/aromatic N) is 4. The Morgan fingerprint density at radius 1 is 1.18 bits per heavy atom. The van der Waals surface area contributed by atoms with E-state index in [0.717, 1.165) is 44.4 Å². The van der Waals surface area contributed by atoms with Gasteiger partial charge in [0.2, 0.25) is 0 Å². The summed E-state index contributed by atoms with van der Waals surface area (Å²) in [5.74, 6) is -1.06. The molecule has 0 saturated carbocycles. The van der Waals surface area contributed by atoms with Crippen molar-refractivity contribution in [2.45, 2.75) is 72.1 Å². The normalized spacial score (nSPS) is 16.2. The van der Waals surface area contributed by atoms with Crippen LogP contribution < -0.4 is 10.2 Å². The van der Waals surface area contributed by atoms with Crippen LogP contribution in [0.2, 0.25) is 0 Å². The molecule has 1 saturated heterocycles. The first-order valence-corrected chi connectivity index (χ1v) is 14.6. The van der Waals surface area contributed by atoms with E-state index in [2.05, 4.69) is 41.0 Å². The zero-order chi connectivity index (χ0) is 29.0. The van der Waals surface area contributed by atoms with Crippen molar-refractivity contribution in [1.82, 2.24) is 14.9 Å². The minimum atomic E-state index is -4.70. The molecule has 4 rings (SSSR count). The van der Waals surface area contributed by atoms with Gasteiger partial charge in [0.15, 0.2) is 16.8 Å². The summed E-state index contributed by atoms with van der Waals surface area (Å²) in [5.41, 5.74) is -0.368. The van der Waals surface area contributed by atoms with Gasteiger partial charge in [0.05, 0.1) is 16.9 Å². The molecule has 0 bridgehead atoms. The second kappa shape index (κ2) is 12.8. The third-order valence-electron chi connectivity index (χ3n) is 7.14. The van der Waals surface area contributed by atoms with E-state index >= 15 is 4.39 Å². The highest BCUT2D eigenvalue weighted by atomic mass is 32.1. The van der Waals surface area contributed by atoms with Gasteiger partial charge in [-0.05, 0) is 69.3 Å². The number of benzene rings is 1. The number of alkyl halides is 3. The van der Waals surface area contributed by atoms with Crippen molar-refractivity contribution in [1.29, 1.82) is 0 Å². The molecule has 0 amide bonds. The fourth-order valence-corrected chi connectivity index (χ4v) is 5.95. The number of thiazole rings is 1. The maximum atomic E-state index is 15.7. The van der Waals surface area contributed by atoms with Gasteiger partial charge in [0.1, 0.15) is 5.82 Å². The van der Waals surface area contributed by atoms with E-state index in [4.69, 9.17) is 0 Å². The maximum absolute atomic E-state index is 15.7. The predicted octanol–water partition coefficient (Wildman–Crippen LogP) is 8.49. The van der Waals surface area contributed by atoms with Crippen molar-refractivity contribution in [3.63, 3.8) is 0 Å². The van der Waals surface area contributed by atoms with Crippen molar-refractivity contribution in [2.75, 3.05) is 29.9 Å². The van der Waals surface area contributed by atoms with Crippen molar-refractivity contribution < 1.29 is 22.0 Å². The Hall–Kier alpha value is -2.79. The van der Waals surface area contributed by atoms with Crippen LogP contribution in [0.15, 0.2) is 30.5 Å². The molecule has 1 fully saturated rings. The van der Waals surface area contributed by atoms with Gasteiger partial charge in [0, 0.05) is 42.3 Å². The summed E-state index contributed by atoms with van der Waals surface area (Å²) < 4.78 is 70.5. The zero-order valence-corrected chi connectivity index (χ0v) is 24.1. The lowest BCUT2D eigenvalue weighted by Crippen LogP contribution is -2.27. The van der Waals surface area contributed by atoms with Crippen LogP contribution in [-0.4, -0.2) is 40.5 Å². The van der Waals surface area contributed by atoms with Gasteiger partial charge in [-0.2, -0.15) is 13.2 Å². The lowest BCUT2D eigenvalue weighted by atomic mass is 10.1. The second-order valence-electron chi connectivity index (χ2n) is 10.8. The highest BCUT2D eigenvalue weighted by molar-refractivity contribution is 7.16. The van der Waals surface area contributed by atoms with E-state index in [1.807, 2.05) is 11.8 Å². The minimum Gasteiger partial charge on any atom is -0.369 e. The molecule has 0 radical (unpaired) electrons. The summed E-state index contributed by atoms with van der Waals surface area (Å²) in [6.07, 6.45) is 0.625. The van der Waals surface area contributed by atoms with E-state index < -0.39 is 23.4 Å². The smallest absolute Gasteiger partial charge is 0.369 e. The van der Waals surface area contributed by atoms with E-state index in [1.54, 1.807) is 6.07 Å². The Balaban J connectivity index is 1.70. The van der Waals surface area contributed by atoms with Crippen molar-refractivity contribution in [2.24, 2.45) is 5.92 Å². The third kappa shape index (κ3) is 7.28. The summed E-state index contributed by atoms with van der Waals surface area (Å²) in [6.45, 7) is 11.1. The summed E-state index contributed by atoms with van der Waals surface area (Å²) in [5, 5.41) is 3.24. The van der Waals surface area contributed by atoms with Crippen molar-refractivity contribution >= 4 is 28.0 Å². The standard InChI is InChI=1S/C29H36F5N5S/c1-5-11-38(13-9-18(2)3)23-8-10-35-27(25(23)31)37-28-36-26(24(40-28)17-39-12-6-7-19(39)4)20-14-21(29(32,33)34)16-22(30)15-20/h8,10,14-16,18-19H,5-7,9,11-13,17H2,1-4H3,(H,35,36,37). The van der Waals surface area contributed by atoms with Crippen LogP contribution in [0, 0.1) is 17.6 Å². The van der Waals surface area contributed by atoms with Crippen LogP contribution in [0.25, 0.3) is 11.3 Å². The summed E-state index contributed by atoms with van der Waals surface area (Å²) in [4.78, 5) is 13.6. The van der Waals surface area contributed by atoms with Gasteiger partial charge in [-0.25, -0.2) is 18.7 Å². The van der Waals surface area contributed by atoms with Crippen LogP contribution in [-0.2, 0) is 12.7 Å². The topological polar surface area (TPSA) is 44.3 Å². The molecule has 1 atom stereocenters. The Bertz CT molecular complexity index is 1290. The lowest BCUT2D eigenvalue weighted by Gasteiger charge is -2.26. The van der Waals surface area contributed by atoms with Crippen LogP contribution in [0.5, 0.6) is 0 Å². The molecule has 1 N–H and O–H groups in total. The number of rotatable bonds is 11. The molecule has 3 heterocycles. The molecule has 11 heteroatoms. The van der Waals surface area contributed by atoms with Crippen LogP contribution in [0.3, 0.4) is 0 Å². The molecule has 1 unspecified atom stereocenters. The van der Waals surface area contributed by atoms with Gasteiger partial charge in [-0.15, -0.1) is 0 Å². The number of hydrogen-bond donors (Lipinski definition) is 1. The van der Waals surface area contributed by atoms with Gasteiger partial charge >= 0.3 is 6.18 Å². The van der Waals surface area contributed by atoms with Gasteiger partial charge in [-0.1, -0.05) is 32.1 Å². The molecule has 3 aromatic rings. The molecule has 1 aromatic carbocycles. The molecule has 40 heavy (non-hydrogen) atoms. The number of hydrogen-bond acceptors (Lipinski definition) is 6. The first kappa shape index (κ1) is 30.2. The Morgan fingerprint density at radius 3 is 2.60 bits per heavy atom. The molecule has 0 aliphatic carbocycles. The average molecular weight is 582 g/mol. The minimum absolute atomic E-state index is 0.0141. The van der Waals surface area contributed by atoms with E-state index in [-0.39, 0.29) is 22.2 Å². The fraction of sp³-hybridized carbons (Fsp3) is 0.517. The number of pyridine rings is 1. The first-order valence-electron chi connectivity index (χ1n) is 13.7. The molecule has 2 aromatic heterocycles. The van der Waals surface area contributed by atoms with Gasteiger partial charge in [-0.3, -0.25) is 4.90 Å². The molecule has 1 aliphatic heterocycles. The van der Waals surface area contributed by atoms with Gasteiger partial charge < -0.3 is 10.2 Å². The van der Waals surface area contributed by atoms with E-state index in [1.165, 1.54) is 17.5 Å². The van der Waals surface area contributed by atoms with Crippen LogP contribution in [0.1, 0.15) is 63.8 Å². The maximum Gasteiger partial charge on any atom is 0.416 e. The number of anilines is 3. The lowest BCUT2D eigenvalue weighted by molar-refractivity contribution is -0.137. The Kier molecular flexibility index (Phi) is 9.66. The van der Waals surface area contributed by atoms with Crippen molar-refractivity contribution in [3.8, 4) is 11.3 Å². The highest BCUT2D eigenvalue weighted by Gasteiger charge is 2.32. The monoisotopic (exact) mass is 581 g/mol. The highest BCUT2D eigenvalue weighted by Crippen LogP contribution is 2.39. The number of likely N-dealkylation sites (tertiary alicyclic amines) is 1. The molecule has 218 valence electrons. The molecular formula is C29H36F5N5S. The van der Waals surface area contributed by atoms with Crippen LogP contribution in [0.4, 0.5) is 38.6 Å². The quantitative estimate of drug-likeness (QED) is 0.230. The molecule has 1 aliphatic rings. The molecule has 5 nitrogen and oxygen atoms in total. The van der Waals surface area contributed by atoms with Crippen molar-refractivity contribution in [3.05, 3.63) is 52.5 Å². The average Bonchev–Trinajstić information content (AvgIpc) is 3.48. The molecular weight excluding hydrogens is 545 g/mol. The zero-order valence-electron chi connectivity index (χ0n) is 23.3. The first-order chi connectivity index (χ1) is 19.0. The Morgan fingerprint density at radius 2 is 1.95 bits per heavy atom. The molecule has 0 spiro atoms. The SMILES string of the molecule is CCCN(CCC(C)C)c1ccnc(Nc2nc(-c3cc(F)cc(C(F)(F)F)c3)c(CN3CCCC3C)s2)c1F. The summed E-state index contributed by atoms with van der Waals surface area (Å²) in [7, 11) is 0. The van der Waals surface area contributed by atoms with Gasteiger partial charge in [0.25, 0.3) is 0 Å². The number of nitrogens with one attached hydrogen (secondary N) is 1. The summed E-state index contributed by atoms with van der Waals surface area (Å²) in [6, 6.07) is 4.40. The summed E-state index contributed by atoms with van der Waals surface area (Å²) >= 11 is 1.22. The Labute approximate surface area is 236 Å². The third-order valence-corrected chi connectivity index (χ3v) is 8.09. The fourth-order valence-electron chi connectivity index (χ4n) is 4.94. The number of aromatic nitrogens is 2. The predicted molar refractivity (Wildman–Crippen MR) is 151 cm³/mol. The van der Waals surface area contributed by atoms with E-state index in [9.17, 15) is 17.6 Å². The second-order valence-corrected chi connectivity index (χ2v) is 11.8.